The molecule has 1 aliphatic heterocycles. The van der Waals surface area contributed by atoms with Crippen LogP contribution in [0, 0.1) is 0 Å². The highest BCUT2D eigenvalue weighted by Gasteiger charge is 2.54. The molecule has 0 saturated carbocycles. The van der Waals surface area contributed by atoms with Gasteiger partial charge >= 0.3 is 5.97 Å². The fraction of sp³-hybridized carbons (Fsp3) is 0.346. The number of rotatable bonds is 8. The number of carbonyl (C=O) groups is 1. The van der Waals surface area contributed by atoms with Crippen LogP contribution < -0.4 is 4.74 Å². The molecule has 0 amide bonds. The Morgan fingerprint density at radius 3 is 2.26 bits per heavy atom. The number of ether oxygens (including phenoxy) is 2. The molecule has 1 aromatic heterocycles. The Kier molecular flexibility index (Phi) is 7.40. The second kappa shape index (κ2) is 10.3. The zero-order valence-corrected chi connectivity index (χ0v) is 21.0. The molecule has 1 fully saturated rings. The lowest BCUT2D eigenvalue weighted by atomic mass is 9.92. The summed E-state index contributed by atoms with van der Waals surface area (Å²) in [5.74, 6) is -0.113. The first-order valence-corrected chi connectivity index (χ1v) is 13.7. The van der Waals surface area contributed by atoms with Crippen LogP contribution in [0.25, 0.3) is 0 Å². The Hall–Kier alpha value is -2.68. The highest BCUT2D eigenvalue weighted by Crippen LogP contribution is 2.41. The van der Waals surface area contributed by atoms with Gasteiger partial charge in [0.25, 0.3) is 0 Å². The quantitative estimate of drug-likeness (QED) is 0.418. The number of esters is 1. The van der Waals surface area contributed by atoms with Gasteiger partial charge in [0.15, 0.2) is 14.6 Å². The zero-order chi connectivity index (χ0) is 24.2. The molecule has 0 spiro atoms. The molecule has 34 heavy (non-hydrogen) atoms. The molecule has 0 aliphatic carbocycles. The standard InChI is InChI=1S/C26H29NO5S2/c1-3-32-25(28)26(34(29,30)22-13-11-21(31-2)12-14-22)15-17-27(18-16-26)24(23-10-7-19-33-23)20-8-5-4-6-9-20/h4-14,19,24H,3,15-18H2,1-2H3. The van der Waals surface area contributed by atoms with Crippen molar-refractivity contribution in [3.8, 4) is 5.75 Å². The van der Waals surface area contributed by atoms with E-state index in [0.717, 1.165) is 5.56 Å². The van der Waals surface area contributed by atoms with Gasteiger partial charge in [-0.1, -0.05) is 36.4 Å². The predicted octanol–water partition coefficient (Wildman–Crippen LogP) is 4.72. The van der Waals surface area contributed by atoms with Gasteiger partial charge in [-0.05, 0) is 61.0 Å². The summed E-state index contributed by atoms with van der Waals surface area (Å²) in [5.41, 5.74) is 1.14. The Morgan fingerprint density at radius 2 is 1.71 bits per heavy atom. The van der Waals surface area contributed by atoms with Crippen molar-refractivity contribution in [2.45, 2.75) is 35.4 Å². The molecular weight excluding hydrogens is 470 g/mol. The van der Waals surface area contributed by atoms with Gasteiger partial charge in [0.05, 0.1) is 24.7 Å². The maximum Gasteiger partial charge on any atom is 0.327 e. The number of piperidine rings is 1. The van der Waals surface area contributed by atoms with E-state index in [4.69, 9.17) is 9.47 Å². The first-order valence-electron chi connectivity index (χ1n) is 11.3. The molecule has 1 aliphatic rings. The van der Waals surface area contributed by atoms with Gasteiger partial charge in [0.2, 0.25) is 0 Å². The van der Waals surface area contributed by atoms with Crippen LogP contribution in [0.3, 0.4) is 0 Å². The molecule has 2 heterocycles. The van der Waals surface area contributed by atoms with E-state index in [1.807, 2.05) is 29.6 Å². The van der Waals surface area contributed by atoms with Crippen LogP contribution in [0.5, 0.6) is 5.75 Å². The predicted molar refractivity (Wildman–Crippen MR) is 133 cm³/mol. The van der Waals surface area contributed by atoms with Gasteiger partial charge in [-0.2, -0.15) is 0 Å². The van der Waals surface area contributed by atoms with Gasteiger partial charge in [0, 0.05) is 18.0 Å². The normalized spacial score (nSPS) is 17.1. The molecule has 6 nitrogen and oxygen atoms in total. The maximum absolute atomic E-state index is 13.8. The minimum absolute atomic E-state index is 0.00471. The first-order chi connectivity index (χ1) is 16.4. The number of thiophene rings is 1. The fourth-order valence-electron chi connectivity index (χ4n) is 4.61. The number of nitrogens with zero attached hydrogens (tertiary/aromatic N) is 1. The van der Waals surface area contributed by atoms with E-state index in [2.05, 4.69) is 23.1 Å². The number of benzene rings is 2. The van der Waals surface area contributed by atoms with Gasteiger partial charge in [-0.3, -0.25) is 9.69 Å². The third-order valence-electron chi connectivity index (χ3n) is 6.43. The van der Waals surface area contributed by atoms with Crippen molar-refractivity contribution in [3.63, 3.8) is 0 Å². The van der Waals surface area contributed by atoms with Crippen molar-refractivity contribution in [3.05, 3.63) is 82.6 Å². The lowest BCUT2D eigenvalue weighted by molar-refractivity contribution is -0.147. The third kappa shape index (κ3) is 4.50. The Bertz CT molecular complexity index is 1180. The van der Waals surface area contributed by atoms with E-state index in [1.165, 1.54) is 24.1 Å². The summed E-state index contributed by atoms with van der Waals surface area (Å²) in [6.45, 7) is 2.73. The van der Waals surface area contributed by atoms with E-state index in [1.54, 1.807) is 30.4 Å². The largest absolute Gasteiger partial charge is 0.497 e. The minimum Gasteiger partial charge on any atom is -0.497 e. The summed E-state index contributed by atoms with van der Waals surface area (Å²) in [4.78, 5) is 16.8. The topological polar surface area (TPSA) is 72.9 Å². The number of sulfone groups is 1. The van der Waals surface area contributed by atoms with Crippen molar-refractivity contribution in [1.82, 2.24) is 4.90 Å². The minimum atomic E-state index is -3.99. The maximum atomic E-state index is 13.8. The molecule has 0 radical (unpaired) electrons. The van der Waals surface area contributed by atoms with Crippen LogP contribution in [0.1, 0.15) is 36.2 Å². The SMILES string of the molecule is CCOC(=O)C1(S(=O)(=O)c2ccc(OC)cc2)CCN(C(c2ccccc2)c2cccs2)CC1. The number of likely N-dealkylation sites (tertiary alicyclic amines) is 1. The molecule has 3 aromatic rings. The molecular formula is C26H29NO5S2. The highest BCUT2D eigenvalue weighted by atomic mass is 32.2. The zero-order valence-electron chi connectivity index (χ0n) is 19.3. The molecule has 1 atom stereocenters. The summed E-state index contributed by atoms with van der Waals surface area (Å²) in [7, 11) is -2.47. The van der Waals surface area contributed by atoms with E-state index in [0.29, 0.717) is 18.8 Å². The summed E-state index contributed by atoms with van der Waals surface area (Å²) < 4.78 is 36.6. The van der Waals surface area contributed by atoms with Crippen molar-refractivity contribution in [2.75, 3.05) is 26.8 Å². The third-order valence-corrected chi connectivity index (χ3v) is 9.85. The Labute approximate surface area is 205 Å². The van der Waals surface area contributed by atoms with Crippen molar-refractivity contribution in [2.24, 2.45) is 0 Å². The van der Waals surface area contributed by atoms with Gasteiger partial charge in [-0.15, -0.1) is 11.3 Å². The summed E-state index contributed by atoms with van der Waals surface area (Å²) in [6.07, 6.45) is 0.323. The van der Waals surface area contributed by atoms with Crippen molar-refractivity contribution >= 4 is 27.1 Å². The summed E-state index contributed by atoms with van der Waals surface area (Å²) in [6, 6.07) is 20.5. The molecule has 4 rings (SSSR count). The monoisotopic (exact) mass is 499 g/mol. The molecule has 1 saturated heterocycles. The molecule has 180 valence electrons. The lowest BCUT2D eigenvalue weighted by Gasteiger charge is -2.42. The lowest BCUT2D eigenvalue weighted by Crippen LogP contribution is -2.55. The number of carbonyl (C=O) groups excluding carboxylic acids is 1. The second-order valence-electron chi connectivity index (χ2n) is 8.26. The van der Waals surface area contributed by atoms with E-state index >= 15 is 0 Å². The second-order valence-corrected chi connectivity index (χ2v) is 11.5. The van der Waals surface area contributed by atoms with Gasteiger partial charge < -0.3 is 9.47 Å². The van der Waals surface area contributed by atoms with Crippen LogP contribution >= 0.6 is 11.3 Å². The van der Waals surface area contributed by atoms with E-state index in [-0.39, 0.29) is 30.4 Å². The molecule has 0 bridgehead atoms. The van der Waals surface area contributed by atoms with Crippen LogP contribution in [-0.2, 0) is 19.4 Å². The number of methoxy groups -OCH3 is 1. The smallest absolute Gasteiger partial charge is 0.327 e. The van der Waals surface area contributed by atoms with Crippen LogP contribution in [0.15, 0.2) is 77.0 Å². The molecule has 8 heteroatoms. The molecule has 1 unspecified atom stereocenters. The van der Waals surface area contributed by atoms with Gasteiger partial charge in [-0.25, -0.2) is 8.42 Å². The Balaban J connectivity index is 1.67. The van der Waals surface area contributed by atoms with Crippen LogP contribution in [0.4, 0.5) is 0 Å². The van der Waals surface area contributed by atoms with Crippen LogP contribution in [-0.4, -0.2) is 50.8 Å². The van der Waals surface area contributed by atoms with Crippen molar-refractivity contribution < 1.29 is 22.7 Å². The van der Waals surface area contributed by atoms with Crippen LogP contribution in [0.2, 0.25) is 0 Å². The van der Waals surface area contributed by atoms with E-state index in [9.17, 15) is 13.2 Å². The van der Waals surface area contributed by atoms with Crippen molar-refractivity contribution in [1.29, 1.82) is 0 Å². The number of hydrogen-bond donors (Lipinski definition) is 0. The fourth-order valence-corrected chi connectivity index (χ4v) is 7.44. The number of hydrogen-bond acceptors (Lipinski definition) is 7. The average molecular weight is 500 g/mol. The first kappa shape index (κ1) is 24.4. The summed E-state index contributed by atoms with van der Waals surface area (Å²) in [5, 5.41) is 2.05. The Morgan fingerprint density at radius 1 is 1.03 bits per heavy atom. The average Bonchev–Trinajstić information content (AvgIpc) is 3.40. The highest BCUT2D eigenvalue weighted by molar-refractivity contribution is 7.93. The molecule has 2 aromatic carbocycles. The van der Waals surface area contributed by atoms with Gasteiger partial charge in [0.1, 0.15) is 5.75 Å². The molecule has 0 N–H and O–H groups in total. The summed E-state index contributed by atoms with van der Waals surface area (Å²) >= 11 is 1.68. The van der Waals surface area contributed by atoms with E-state index < -0.39 is 20.6 Å².